The van der Waals surface area contributed by atoms with E-state index in [1.165, 1.54) is 0 Å². The van der Waals surface area contributed by atoms with Crippen LogP contribution in [-0.2, 0) is 0 Å². The van der Waals surface area contributed by atoms with E-state index in [0.717, 1.165) is 0 Å². The predicted octanol–water partition coefficient (Wildman–Crippen LogP) is 2.08. The summed E-state index contributed by atoms with van der Waals surface area (Å²) in [6.45, 7) is 7.77. The molecule has 0 spiro atoms. The van der Waals surface area contributed by atoms with Gasteiger partial charge in [-0.1, -0.05) is 11.8 Å². The highest BCUT2D eigenvalue weighted by atomic mass is 14.0. The van der Waals surface area contributed by atoms with Gasteiger partial charge in [0.05, 0.1) is 0 Å². The fraction of sp³-hybridized carbons (Fsp3) is 0.263. The second-order valence-corrected chi connectivity index (χ2v) is 4.12. The molecule has 0 unspecified atom stereocenters. The van der Waals surface area contributed by atoms with Crippen molar-refractivity contribution in [3.05, 3.63) is 0 Å². The third kappa shape index (κ3) is 14.9. The van der Waals surface area contributed by atoms with Crippen molar-refractivity contribution in [2.75, 3.05) is 0 Å². The average molecular weight is 240 g/mol. The van der Waals surface area contributed by atoms with Gasteiger partial charge >= 0.3 is 0 Å². The molecule has 0 N–H and O–H groups in total. The Morgan fingerprint density at radius 2 is 0.789 bits per heavy atom. The molecular weight excluding hydrogens is 228 g/mol. The van der Waals surface area contributed by atoms with Gasteiger partial charge in [-0.15, -0.1) is 0 Å². The lowest BCUT2D eigenvalue weighted by Crippen LogP contribution is -1.98. The molecule has 0 saturated heterocycles. The van der Waals surface area contributed by atoms with Crippen molar-refractivity contribution < 1.29 is 0 Å². The van der Waals surface area contributed by atoms with Crippen LogP contribution in [0.2, 0.25) is 0 Å². The van der Waals surface area contributed by atoms with E-state index in [9.17, 15) is 0 Å². The third-order valence-electron chi connectivity index (χ3n) is 1.25. The summed E-state index contributed by atoms with van der Waals surface area (Å²) >= 11 is 0. The predicted molar refractivity (Wildman–Crippen MR) is 79.6 cm³/mol. The Hall–Kier alpha value is -3.08. The van der Waals surface area contributed by atoms with Crippen LogP contribution >= 0.6 is 0 Å². The summed E-state index contributed by atoms with van der Waals surface area (Å²) < 4.78 is 0. The van der Waals surface area contributed by atoms with E-state index in [-0.39, 0.29) is 5.41 Å². The molecule has 0 amide bonds. The molecule has 88 valence electrons. The molecule has 0 aliphatic carbocycles. The Bertz CT molecular complexity index is 734. The quantitative estimate of drug-likeness (QED) is 0.569. The summed E-state index contributed by atoms with van der Waals surface area (Å²) in [5.74, 6) is 36.5. The van der Waals surface area contributed by atoms with Crippen LogP contribution in [0, 0.1) is 88.3 Å². The average Bonchev–Trinajstić information content (AvgIpc) is 2.34. The molecule has 0 aromatic rings. The second-order valence-electron chi connectivity index (χ2n) is 4.12. The third-order valence-corrected chi connectivity index (χ3v) is 1.25. The van der Waals surface area contributed by atoms with E-state index >= 15 is 0 Å². The first-order chi connectivity index (χ1) is 9.06. The van der Waals surface area contributed by atoms with Crippen LogP contribution in [0.15, 0.2) is 0 Å². The lowest BCUT2D eigenvalue weighted by Gasteiger charge is -2.05. The van der Waals surface area contributed by atoms with E-state index in [1.54, 1.807) is 6.92 Å². The van der Waals surface area contributed by atoms with Crippen molar-refractivity contribution in [2.45, 2.75) is 27.7 Å². The Kier molecular flexibility index (Phi) is 8.46. The maximum Gasteiger partial charge on any atom is 0.0240 e. The fourth-order valence-corrected chi connectivity index (χ4v) is 0.594. The molecule has 0 aliphatic heterocycles. The van der Waals surface area contributed by atoms with Crippen molar-refractivity contribution in [2.24, 2.45) is 5.41 Å². The number of hydrogen-bond donors (Lipinski definition) is 0. The lowest BCUT2D eigenvalue weighted by molar-refractivity contribution is 0.571. The molecular formula is C19H12. The summed E-state index contributed by atoms with van der Waals surface area (Å²) in [5.41, 5.74) is -0.0410. The van der Waals surface area contributed by atoms with Gasteiger partial charge in [0.1, 0.15) is 0 Å². The molecule has 0 heterocycles. The Morgan fingerprint density at radius 3 is 1.11 bits per heavy atom. The van der Waals surface area contributed by atoms with E-state index in [1.807, 2.05) is 20.8 Å². The first kappa shape index (κ1) is 15.9. The van der Waals surface area contributed by atoms with Crippen molar-refractivity contribution in [3.8, 4) is 82.9 Å². The van der Waals surface area contributed by atoms with Crippen LogP contribution in [-0.4, -0.2) is 0 Å². The fourth-order valence-electron chi connectivity index (χ4n) is 0.594. The SMILES string of the molecule is CC#CC#CC#CC#CC#CC#CC#CC(C)(C)C. The van der Waals surface area contributed by atoms with Gasteiger partial charge in [-0.05, 0) is 98.7 Å². The van der Waals surface area contributed by atoms with E-state index in [0.29, 0.717) is 0 Å². The minimum atomic E-state index is -0.0410. The van der Waals surface area contributed by atoms with Crippen molar-refractivity contribution in [1.29, 1.82) is 0 Å². The highest BCUT2D eigenvalue weighted by Gasteiger charge is 2.02. The number of rotatable bonds is 0. The molecule has 0 saturated carbocycles. The maximum atomic E-state index is 2.98. The first-order valence-corrected chi connectivity index (χ1v) is 5.50. The summed E-state index contributed by atoms with van der Waals surface area (Å²) in [6, 6.07) is 0. The zero-order chi connectivity index (χ0) is 14.4. The number of hydrogen-bond acceptors (Lipinski definition) is 0. The van der Waals surface area contributed by atoms with Gasteiger partial charge in [-0.3, -0.25) is 0 Å². The van der Waals surface area contributed by atoms with Crippen molar-refractivity contribution in [1.82, 2.24) is 0 Å². The van der Waals surface area contributed by atoms with Crippen LogP contribution in [0.5, 0.6) is 0 Å². The lowest BCUT2D eigenvalue weighted by atomic mass is 9.98. The molecule has 0 aromatic heterocycles. The molecule has 19 heavy (non-hydrogen) atoms. The van der Waals surface area contributed by atoms with Gasteiger partial charge < -0.3 is 0 Å². The van der Waals surface area contributed by atoms with Gasteiger partial charge in [0.2, 0.25) is 0 Å². The van der Waals surface area contributed by atoms with Crippen LogP contribution in [0.3, 0.4) is 0 Å². The van der Waals surface area contributed by atoms with Gasteiger partial charge in [-0.2, -0.15) is 0 Å². The van der Waals surface area contributed by atoms with Gasteiger partial charge in [0.25, 0.3) is 0 Å². The summed E-state index contributed by atoms with van der Waals surface area (Å²) in [6.07, 6.45) is 0. The summed E-state index contributed by atoms with van der Waals surface area (Å²) in [4.78, 5) is 0. The minimum absolute atomic E-state index is 0.0410. The Balaban J connectivity index is 4.35. The molecule has 0 rings (SSSR count). The molecule has 0 fully saturated rings. The second kappa shape index (κ2) is 10.1. The van der Waals surface area contributed by atoms with Crippen molar-refractivity contribution >= 4 is 0 Å². The van der Waals surface area contributed by atoms with Crippen LogP contribution in [0.4, 0.5) is 0 Å². The largest absolute Gasteiger partial charge is 0.0925 e. The van der Waals surface area contributed by atoms with E-state index in [4.69, 9.17) is 0 Å². The molecule has 0 aromatic carbocycles. The van der Waals surface area contributed by atoms with Crippen LogP contribution in [0.1, 0.15) is 27.7 Å². The van der Waals surface area contributed by atoms with Gasteiger partial charge in [-0.25, -0.2) is 0 Å². The molecule has 0 atom stereocenters. The Labute approximate surface area is 116 Å². The maximum absolute atomic E-state index is 2.98. The molecule has 0 nitrogen and oxygen atoms in total. The van der Waals surface area contributed by atoms with Gasteiger partial charge in [0, 0.05) is 5.41 Å². The summed E-state index contributed by atoms with van der Waals surface area (Å²) in [7, 11) is 0. The van der Waals surface area contributed by atoms with E-state index < -0.39 is 0 Å². The zero-order valence-corrected chi connectivity index (χ0v) is 11.5. The van der Waals surface area contributed by atoms with Crippen molar-refractivity contribution in [3.63, 3.8) is 0 Å². The highest BCUT2D eigenvalue weighted by Crippen LogP contribution is 2.09. The zero-order valence-electron chi connectivity index (χ0n) is 11.5. The van der Waals surface area contributed by atoms with Crippen LogP contribution in [0.25, 0.3) is 0 Å². The molecule has 0 bridgehead atoms. The molecule has 0 radical (unpaired) electrons. The standard InChI is InChI=1S/C19H12/c1-5-6-7-8-9-10-11-12-13-14-15-16-17-18-19(2,3)4/h1-4H3. The first-order valence-electron chi connectivity index (χ1n) is 5.50. The molecule has 0 heteroatoms. The normalized spacial score (nSPS) is 6.11. The monoisotopic (exact) mass is 240 g/mol. The van der Waals surface area contributed by atoms with Gasteiger partial charge in [0.15, 0.2) is 0 Å². The topological polar surface area (TPSA) is 0 Å². The Morgan fingerprint density at radius 1 is 0.474 bits per heavy atom. The highest BCUT2D eigenvalue weighted by molar-refractivity contribution is 5.45. The molecule has 0 aliphatic rings. The van der Waals surface area contributed by atoms with E-state index in [2.05, 4.69) is 82.9 Å². The smallest absolute Gasteiger partial charge is 0.0240 e. The minimum Gasteiger partial charge on any atom is -0.0925 e. The summed E-state index contributed by atoms with van der Waals surface area (Å²) in [5, 5.41) is 0. The van der Waals surface area contributed by atoms with Crippen LogP contribution < -0.4 is 0 Å².